The zero-order valence-electron chi connectivity index (χ0n) is 17.3. The molecule has 0 aliphatic carbocycles. The van der Waals surface area contributed by atoms with Crippen LogP contribution < -0.4 is 0 Å². The second kappa shape index (κ2) is 8.21. The van der Waals surface area contributed by atoms with Gasteiger partial charge in [0.15, 0.2) is 5.78 Å². The van der Waals surface area contributed by atoms with Gasteiger partial charge in [-0.3, -0.25) is 9.69 Å². The number of ketones is 1. The molecule has 3 aliphatic heterocycles. The summed E-state index contributed by atoms with van der Waals surface area (Å²) in [7, 11) is 0. The van der Waals surface area contributed by atoms with Gasteiger partial charge in [0.1, 0.15) is 0 Å². The highest BCUT2D eigenvalue weighted by atomic mass is 16.1. The van der Waals surface area contributed by atoms with E-state index in [1.807, 2.05) is 0 Å². The van der Waals surface area contributed by atoms with E-state index in [-0.39, 0.29) is 23.4 Å². The van der Waals surface area contributed by atoms with Crippen LogP contribution in [0.15, 0.2) is 60.7 Å². The van der Waals surface area contributed by atoms with Crippen LogP contribution in [0.1, 0.15) is 69.4 Å². The van der Waals surface area contributed by atoms with E-state index in [1.54, 1.807) is 0 Å². The SMILES string of the molecule is CCCC1(CCC)CC2CCN1C(C(c1ccccc1)c1ccccc1)C2=O. The third kappa shape index (κ3) is 3.33. The molecule has 3 atom stereocenters. The van der Waals surface area contributed by atoms with Crippen molar-refractivity contribution in [3.8, 4) is 0 Å². The molecule has 0 spiro atoms. The first kappa shape index (κ1) is 19.4. The number of benzene rings is 2. The van der Waals surface area contributed by atoms with Crippen LogP contribution in [0.3, 0.4) is 0 Å². The Morgan fingerprint density at radius 2 is 1.46 bits per heavy atom. The minimum Gasteiger partial charge on any atom is -0.298 e. The van der Waals surface area contributed by atoms with Crippen molar-refractivity contribution in [2.24, 2.45) is 5.92 Å². The van der Waals surface area contributed by atoms with Crippen molar-refractivity contribution in [3.05, 3.63) is 71.8 Å². The summed E-state index contributed by atoms with van der Waals surface area (Å²) < 4.78 is 0. The van der Waals surface area contributed by atoms with Crippen LogP contribution in [0.25, 0.3) is 0 Å². The molecule has 3 fully saturated rings. The minimum atomic E-state index is -0.0320. The third-order valence-corrected chi connectivity index (χ3v) is 7.05. The maximum atomic E-state index is 13.6. The zero-order valence-corrected chi connectivity index (χ0v) is 17.3. The second-order valence-electron chi connectivity index (χ2n) is 8.75. The first-order valence-corrected chi connectivity index (χ1v) is 11.1. The van der Waals surface area contributed by atoms with Gasteiger partial charge in [-0.2, -0.15) is 0 Å². The van der Waals surface area contributed by atoms with Gasteiger partial charge < -0.3 is 0 Å². The van der Waals surface area contributed by atoms with Crippen molar-refractivity contribution in [3.63, 3.8) is 0 Å². The number of fused-ring (bicyclic) bond motifs is 3. The molecule has 2 aromatic carbocycles. The van der Waals surface area contributed by atoms with E-state index in [0.717, 1.165) is 19.4 Å². The number of piperidine rings is 3. The van der Waals surface area contributed by atoms with Crippen LogP contribution in [-0.4, -0.2) is 28.8 Å². The molecule has 28 heavy (non-hydrogen) atoms. The number of hydrogen-bond donors (Lipinski definition) is 0. The Labute approximate surface area is 170 Å². The third-order valence-electron chi connectivity index (χ3n) is 7.05. The highest BCUT2D eigenvalue weighted by molar-refractivity contribution is 5.90. The topological polar surface area (TPSA) is 20.3 Å². The molecule has 0 saturated carbocycles. The molecule has 0 amide bonds. The molecule has 3 heterocycles. The van der Waals surface area contributed by atoms with Crippen LogP contribution in [-0.2, 0) is 4.79 Å². The molecule has 3 saturated heterocycles. The Bertz CT molecular complexity index is 739. The normalized spacial score (nSPS) is 26.0. The monoisotopic (exact) mass is 375 g/mol. The van der Waals surface area contributed by atoms with E-state index in [2.05, 4.69) is 79.4 Å². The molecule has 2 nitrogen and oxygen atoms in total. The summed E-state index contributed by atoms with van der Waals surface area (Å²) in [6, 6.07) is 21.4. The van der Waals surface area contributed by atoms with Crippen LogP contribution in [0.2, 0.25) is 0 Å². The summed E-state index contributed by atoms with van der Waals surface area (Å²) in [6.07, 6.45) is 6.90. The maximum Gasteiger partial charge on any atom is 0.154 e. The zero-order chi connectivity index (χ0) is 19.6. The van der Waals surface area contributed by atoms with Crippen molar-refractivity contribution in [1.29, 1.82) is 0 Å². The average molecular weight is 376 g/mol. The molecular weight excluding hydrogens is 342 g/mol. The van der Waals surface area contributed by atoms with Crippen LogP contribution >= 0.6 is 0 Å². The smallest absolute Gasteiger partial charge is 0.154 e. The number of carbonyl (C=O) groups excluding carboxylic acids is 1. The van der Waals surface area contributed by atoms with Gasteiger partial charge in [0.05, 0.1) is 6.04 Å². The standard InChI is InChI=1S/C26H33NO/c1-3-16-26(17-4-2)19-22-15-18-27(26)24(25(22)28)23(20-11-7-5-8-12-20)21-13-9-6-10-14-21/h5-14,22-24H,3-4,15-19H2,1-2H3. The fraction of sp³-hybridized carbons (Fsp3) is 0.500. The quantitative estimate of drug-likeness (QED) is 0.608. The lowest BCUT2D eigenvalue weighted by atomic mass is 9.64. The van der Waals surface area contributed by atoms with E-state index in [4.69, 9.17) is 0 Å². The number of carbonyl (C=O) groups is 1. The van der Waals surface area contributed by atoms with E-state index in [1.165, 1.54) is 36.8 Å². The van der Waals surface area contributed by atoms with Gasteiger partial charge in [-0.1, -0.05) is 87.4 Å². The van der Waals surface area contributed by atoms with Gasteiger partial charge in [0.2, 0.25) is 0 Å². The number of rotatable bonds is 7. The Hall–Kier alpha value is -1.93. The lowest BCUT2D eigenvalue weighted by Gasteiger charge is -2.59. The van der Waals surface area contributed by atoms with Crippen molar-refractivity contribution >= 4 is 5.78 Å². The average Bonchev–Trinajstić information content (AvgIpc) is 2.73. The lowest BCUT2D eigenvalue weighted by molar-refractivity contribution is -0.152. The van der Waals surface area contributed by atoms with Gasteiger partial charge >= 0.3 is 0 Å². The summed E-state index contributed by atoms with van der Waals surface area (Å²) in [4.78, 5) is 16.3. The molecule has 0 radical (unpaired) electrons. The Balaban J connectivity index is 1.82. The van der Waals surface area contributed by atoms with E-state index < -0.39 is 0 Å². The molecule has 0 N–H and O–H groups in total. The highest BCUT2D eigenvalue weighted by Crippen LogP contribution is 2.49. The van der Waals surface area contributed by atoms with Gasteiger partial charge in [0, 0.05) is 23.9 Å². The fourth-order valence-electron chi connectivity index (χ4n) is 6.05. The molecule has 5 rings (SSSR count). The predicted molar refractivity (Wildman–Crippen MR) is 115 cm³/mol. The maximum absolute atomic E-state index is 13.6. The Kier molecular flexibility index (Phi) is 5.68. The largest absolute Gasteiger partial charge is 0.298 e. The summed E-state index contributed by atoms with van der Waals surface area (Å²) in [5, 5.41) is 0. The summed E-state index contributed by atoms with van der Waals surface area (Å²) in [5.74, 6) is 0.834. The predicted octanol–water partition coefficient (Wildman–Crippen LogP) is 5.82. The van der Waals surface area contributed by atoms with E-state index in [9.17, 15) is 4.79 Å². The molecule has 2 aromatic rings. The number of nitrogens with zero attached hydrogens (tertiary/aromatic N) is 1. The first-order valence-electron chi connectivity index (χ1n) is 11.1. The molecule has 0 aromatic heterocycles. The van der Waals surface area contributed by atoms with Gasteiger partial charge in [0.25, 0.3) is 0 Å². The molecule has 2 bridgehead atoms. The lowest BCUT2D eigenvalue weighted by Crippen LogP contribution is -2.68. The van der Waals surface area contributed by atoms with Crippen molar-refractivity contribution < 1.29 is 4.79 Å². The second-order valence-corrected chi connectivity index (χ2v) is 8.75. The van der Waals surface area contributed by atoms with E-state index >= 15 is 0 Å². The summed E-state index contributed by atoms with van der Waals surface area (Å²) in [6.45, 7) is 5.66. The van der Waals surface area contributed by atoms with E-state index in [0.29, 0.717) is 5.78 Å². The molecule has 2 heteroatoms. The molecule has 3 unspecified atom stereocenters. The van der Waals surface area contributed by atoms with Crippen molar-refractivity contribution in [1.82, 2.24) is 4.90 Å². The molecular formula is C26H33NO. The highest BCUT2D eigenvalue weighted by Gasteiger charge is 2.55. The number of Topliss-reactive ketones (excluding diaryl/α,β-unsaturated/α-hetero) is 1. The van der Waals surface area contributed by atoms with Gasteiger partial charge in [-0.15, -0.1) is 0 Å². The van der Waals surface area contributed by atoms with Crippen molar-refractivity contribution in [2.45, 2.75) is 69.9 Å². The van der Waals surface area contributed by atoms with Gasteiger partial charge in [-0.05, 0) is 36.8 Å². The first-order chi connectivity index (χ1) is 13.7. The molecule has 3 aliphatic rings. The Morgan fingerprint density at radius 1 is 0.929 bits per heavy atom. The molecule has 148 valence electrons. The summed E-state index contributed by atoms with van der Waals surface area (Å²) in [5.41, 5.74) is 2.73. The van der Waals surface area contributed by atoms with Crippen LogP contribution in [0.4, 0.5) is 0 Å². The summed E-state index contributed by atoms with van der Waals surface area (Å²) >= 11 is 0. The minimum absolute atomic E-state index is 0.0320. The van der Waals surface area contributed by atoms with Crippen LogP contribution in [0.5, 0.6) is 0 Å². The van der Waals surface area contributed by atoms with Crippen LogP contribution in [0, 0.1) is 5.92 Å². The van der Waals surface area contributed by atoms with Crippen molar-refractivity contribution in [2.75, 3.05) is 6.54 Å². The number of hydrogen-bond acceptors (Lipinski definition) is 2. The Morgan fingerprint density at radius 3 is 1.96 bits per heavy atom. The fourth-order valence-corrected chi connectivity index (χ4v) is 6.05. The van der Waals surface area contributed by atoms with Gasteiger partial charge in [-0.25, -0.2) is 0 Å².